The fourth-order valence-electron chi connectivity index (χ4n) is 3.12. The molecular weight excluding hydrogens is 336 g/mol. The highest BCUT2D eigenvalue weighted by molar-refractivity contribution is 6.00. The SMILES string of the molecule is O=C(O)c1ccc2[nH]c(-c3n[nH]cc3C(=O)NC3CCNCC3)nc2c1. The van der Waals surface area contributed by atoms with Gasteiger partial charge in [0.1, 0.15) is 5.69 Å². The number of carbonyl (C=O) groups is 2. The van der Waals surface area contributed by atoms with Crippen molar-refractivity contribution in [3.8, 4) is 11.5 Å². The number of hydrogen-bond acceptors (Lipinski definition) is 5. The number of aromatic nitrogens is 4. The monoisotopic (exact) mass is 354 g/mol. The first kappa shape index (κ1) is 16.3. The van der Waals surface area contributed by atoms with Crippen LogP contribution in [-0.4, -0.2) is 56.3 Å². The molecule has 0 unspecified atom stereocenters. The molecule has 0 spiro atoms. The minimum atomic E-state index is -1.02. The summed E-state index contributed by atoms with van der Waals surface area (Å²) in [4.78, 5) is 31.2. The molecule has 1 amide bonds. The lowest BCUT2D eigenvalue weighted by molar-refractivity contribution is 0.0696. The number of aromatic amines is 2. The number of amides is 1. The second-order valence-corrected chi connectivity index (χ2v) is 6.27. The molecule has 26 heavy (non-hydrogen) atoms. The second-order valence-electron chi connectivity index (χ2n) is 6.27. The maximum atomic E-state index is 12.6. The van der Waals surface area contributed by atoms with Gasteiger partial charge in [-0.3, -0.25) is 9.89 Å². The first-order chi connectivity index (χ1) is 12.6. The van der Waals surface area contributed by atoms with E-state index in [2.05, 4.69) is 30.8 Å². The highest BCUT2D eigenvalue weighted by atomic mass is 16.4. The number of piperidine rings is 1. The van der Waals surface area contributed by atoms with Gasteiger partial charge in [0, 0.05) is 12.2 Å². The lowest BCUT2D eigenvalue weighted by Crippen LogP contribution is -2.42. The van der Waals surface area contributed by atoms with Gasteiger partial charge in [-0.1, -0.05) is 0 Å². The van der Waals surface area contributed by atoms with Gasteiger partial charge in [0.2, 0.25) is 0 Å². The number of imidazole rings is 1. The number of carbonyl (C=O) groups excluding carboxylic acids is 1. The van der Waals surface area contributed by atoms with E-state index in [0.717, 1.165) is 25.9 Å². The summed E-state index contributed by atoms with van der Waals surface area (Å²) >= 11 is 0. The first-order valence-electron chi connectivity index (χ1n) is 8.40. The van der Waals surface area contributed by atoms with E-state index in [4.69, 9.17) is 5.11 Å². The Hall–Kier alpha value is -3.20. The molecule has 4 rings (SSSR count). The molecule has 0 aliphatic carbocycles. The van der Waals surface area contributed by atoms with E-state index >= 15 is 0 Å². The zero-order valence-electron chi connectivity index (χ0n) is 13.9. The van der Waals surface area contributed by atoms with Gasteiger partial charge < -0.3 is 20.7 Å². The van der Waals surface area contributed by atoms with Crippen LogP contribution in [0, 0.1) is 0 Å². The molecule has 9 nitrogen and oxygen atoms in total. The van der Waals surface area contributed by atoms with Crippen LogP contribution in [0.5, 0.6) is 0 Å². The predicted octanol–water partition coefficient (Wildman–Crippen LogP) is 1.13. The fraction of sp³-hybridized carbons (Fsp3) is 0.294. The van der Waals surface area contributed by atoms with Crippen LogP contribution in [0.2, 0.25) is 0 Å². The standard InChI is InChI=1S/C17H18N6O3/c24-16(20-10-3-5-18-6-4-10)11-8-19-23-14(11)15-21-12-2-1-9(17(25)26)7-13(12)22-15/h1-2,7-8,10,18H,3-6H2,(H,19,23)(H,20,24)(H,21,22)(H,25,26). The van der Waals surface area contributed by atoms with Crippen molar-refractivity contribution >= 4 is 22.9 Å². The van der Waals surface area contributed by atoms with Crippen molar-refractivity contribution in [2.24, 2.45) is 0 Å². The Labute approximate surface area is 148 Å². The molecule has 1 aliphatic rings. The molecule has 0 atom stereocenters. The van der Waals surface area contributed by atoms with Crippen molar-refractivity contribution < 1.29 is 14.7 Å². The lowest BCUT2D eigenvalue weighted by Gasteiger charge is -2.23. The van der Waals surface area contributed by atoms with E-state index in [-0.39, 0.29) is 17.5 Å². The summed E-state index contributed by atoms with van der Waals surface area (Å²) in [7, 11) is 0. The quantitative estimate of drug-likeness (QED) is 0.476. The highest BCUT2D eigenvalue weighted by Crippen LogP contribution is 2.23. The zero-order valence-corrected chi connectivity index (χ0v) is 13.9. The number of aromatic carboxylic acids is 1. The van der Waals surface area contributed by atoms with E-state index in [1.165, 1.54) is 12.1 Å². The van der Waals surface area contributed by atoms with Crippen molar-refractivity contribution in [3.05, 3.63) is 35.5 Å². The molecule has 1 fully saturated rings. The minimum Gasteiger partial charge on any atom is -0.478 e. The number of rotatable bonds is 4. The van der Waals surface area contributed by atoms with Gasteiger partial charge in [0.25, 0.3) is 5.91 Å². The summed E-state index contributed by atoms with van der Waals surface area (Å²) in [5.41, 5.74) is 2.15. The first-order valence-corrected chi connectivity index (χ1v) is 8.40. The van der Waals surface area contributed by atoms with Gasteiger partial charge in [-0.05, 0) is 44.1 Å². The number of nitrogens with one attached hydrogen (secondary N) is 4. The largest absolute Gasteiger partial charge is 0.478 e. The van der Waals surface area contributed by atoms with Crippen LogP contribution < -0.4 is 10.6 Å². The number of carboxylic acids is 1. The van der Waals surface area contributed by atoms with Gasteiger partial charge in [0.05, 0.1) is 22.2 Å². The Kier molecular flexibility index (Phi) is 4.13. The second kappa shape index (κ2) is 6.60. The number of carboxylic acid groups (broad SMARTS) is 1. The van der Waals surface area contributed by atoms with E-state index in [9.17, 15) is 9.59 Å². The summed E-state index contributed by atoms with van der Waals surface area (Å²) in [6.45, 7) is 1.78. The highest BCUT2D eigenvalue weighted by Gasteiger charge is 2.22. The smallest absolute Gasteiger partial charge is 0.335 e. The Morgan fingerprint density at radius 1 is 1.23 bits per heavy atom. The van der Waals surface area contributed by atoms with Gasteiger partial charge in [0.15, 0.2) is 5.82 Å². The summed E-state index contributed by atoms with van der Waals surface area (Å²) < 4.78 is 0. The van der Waals surface area contributed by atoms with Crippen molar-refractivity contribution in [2.75, 3.05) is 13.1 Å². The van der Waals surface area contributed by atoms with Gasteiger partial charge in [-0.2, -0.15) is 5.10 Å². The Bertz CT molecular complexity index is 970. The number of H-pyrrole nitrogens is 2. The molecule has 1 saturated heterocycles. The van der Waals surface area contributed by atoms with Crippen LogP contribution in [0.4, 0.5) is 0 Å². The Balaban J connectivity index is 1.62. The zero-order chi connectivity index (χ0) is 18.1. The lowest BCUT2D eigenvalue weighted by atomic mass is 10.1. The average Bonchev–Trinajstić information content (AvgIpc) is 3.28. The van der Waals surface area contributed by atoms with Crippen LogP contribution in [0.25, 0.3) is 22.6 Å². The number of benzene rings is 1. The van der Waals surface area contributed by atoms with Crippen molar-refractivity contribution in [2.45, 2.75) is 18.9 Å². The van der Waals surface area contributed by atoms with Crippen molar-refractivity contribution in [3.63, 3.8) is 0 Å². The summed E-state index contributed by atoms with van der Waals surface area (Å²) in [6, 6.07) is 4.78. The van der Waals surface area contributed by atoms with Gasteiger partial charge >= 0.3 is 5.97 Å². The minimum absolute atomic E-state index is 0.139. The third kappa shape index (κ3) is 3.04. The third-order valence-electron chi connectivity index (χ3n) is 4.51. The maximum absolute atomic E-state index is 12.6. The van der Waals surface area contributed by atoms with E-state index < -0.39 is 5.97 Å². The van der Waals surface area contributed by atoms with E-state index in [0.29, 0.717) is 28.1 Å². The Morgan fingerprint density at radius 2 is 2.04 bits per heavy atom. The molecule has 0 bridgehead atoms. The topological polar surface area (TPSA) is 136 Å². The summed E-state index contributed by atoms with van der Waals surface area (Å²) in [6.07, 6.45) is 3.32. The van der Waals surface area contributed by atoms with Gasteiger partial charge in [-0.25, -0.2) is 9.78 Å². The number of nitrogens with zero attached hydrogens (tertiary/aromatic N) is 2. The molecule has 0 radical (unpaired) electrons. The van der Waals surface area contributed by atoms with Crippen LogP contribution in [0.1, 0.15) is 33.6 Å². The van der Waals surface area contributed by atoms with Crippen molar-refractivity contribution in [1.82, 2.24) is 30.8 Å². The van der Waals surface area contributed by atoms with E-state index in [1.54, 1.807) is 12.3 Å². The molecule has 134 valence electrons. The molecule has 2 aromatic heterocycles. The predicted molar refractivity (Wildman–Crippen MR) is 94.0 cm³/mol. The molecule has 5 N–H and O–H groups in total. The summed E-state index contributed by atoms with van der Waals surface area (Å²) in [5, 5.41) is 22.2. The maximum Gasteiger partial charge on any atom is 0.335 e. The summed E-state index contributed by atoms with van der Waals surface area (Å²) in [5.74, 6) is -0.801. The average molecular weight is 354 g/mol. The Morgan fingerprint density at radius 3 is 2.81 bits per heavy atom. The third-order valence-corrected chi connectivity index (χ3v) is 4.51. The molecular formula is C17H18N6O3. The van der Waals surface area contributed by atoms with E-state index in [1.807, 2.05) is 0 Å². The van der Waals surface area contributed by atoms with Gasteiger partial charge in [-0.15, -0.1) is 0 Å². The van der Waals surface area contributed by atoms with Crippen LogP contribution >= 0.6 is 0 Å². The fourth-order valence-corrected chi connectivity index (χ4v) is 3.12. The van der Waals surface area contributed by atoms with Crippen LogP contribution in [-0.2, 0) is 0 Å². The molecule has 0 saturated carbocycles. The normalized spacial score (nSPS) is 15.2. The van der Waals surface area contributed by atoms with Crippen LogP contribution in [0.3, 0.4) is 0 Å². The molecule has 1 aromatic carbocycles. The molecule has 3 aromatic rings. The number of hydrogen-bond donors (Lipinski definition) is 5. The molecule has 3 heterocycles. The van der Waals surface area contributed by atoms with Crippen molar-refractivity contribution in [1.29, 1.82) is 0 Å². The molecule has 1 aliphatic heterocycles. The molecule has 9 heteroatoms. The number of fused-ring (bicyclic) bond motifs is 1. The van der Waals surface area contributed by atoms with Crippen LogP contribution in [0.15, 0.2) is 24.4 Å².